The standard InChI is InChI=1S/C18H24N4O3S/c1-10-14(11(2)25-21-10)5-22-6-15-13(8-24-17(15)7-22)4-19-18(23)16-9-26-12(3)20-16/h9,13,15,17H,4-8H2,1-3H3,(H,19,23)/t13-,15-,17-/m1/s1. The number of amides is 1. The average molecular weight is 376 g/mol. The van der Waals surface area contributed by atoms with Gasteiger partial charge in [0.25, 0.3) is 5.91 Å². The third kappa shape index (κ3) is 3.41. The first kappa shape index (κ1) is 17.6. The fraction of sp³-hybridized carbons (Fsp3) is 0.611. The van der Waals surface area contributed by atoms with Crippen molar-refractivity contribution in [3.8, 4) is 0 Å². The van der Waals surface area contributed by atoms with Gasteiger partial charge < -0.3 is 14.6 Å². The third-order valence-corrected chi connectivity index (χ3v) is 6.23. The Kier molecular flexibility index (Phi) is 4.81. The van der Waals surface area contributed by atoms with Gasteiger partial charge in [-0.3, -0.25) is 9.69 Å². The molecule has 3 atom stereocenters. The maximum absolute atomic E-state index is 12.2. The number of aromatic nitrogens is 2. The number of hydrogen-bond acceptors (Lipinski definition) is 7. The summed E-state index contributed by atoms with van der Waals surface area (Å²) in [4.78, 5) is 18.9. The van der Waals surface area contributed by atoms with Crippen LogP contribution in [-0.4, -0.2) is 53.3 Å². The van der Waals surface area contributed by atoms with Gasteiger partial charge in [-0.05, 0) is 20.8 Å². The molecule has 0 aromatic carbocycles. The number of nitrogens with zero attached hydrogens (tertiary/aromatic N) is 3. The van der Waals surface area contributed by atoms with Crippen LogP contribution in [0.1, 0.15) is 32.5 Å². The molecule has 2 aliphatic heterocycles. The molecule has 0 saturated carbocycles. The predicted molar refractivity (Wildman–Crippen MR) is 97.2 cm³/mol. The van der Waals surface area contributed by atoms with E-state index in [9.17, 15) is 4.79 Å². The molecule has 2 fully saturated rings. The number of likely N-dealkylation sites (tertiary alicyclic amines) is 1. The molecule has 2 aliphatic rings. The highest BCUT2D eigenvalue weighted by Crippen LogP contribution is 2.34. The monoisotopic (exact) mass is 376 g/mol. The number of rotatable bonds is 5. The lowest BCUT2D eigenvalue weighted by Crippen LogP contribution is -2.34. The van der Waals surface area contributed by atoms with Crippen LogP contribution in [0.4, 0.5) is 0 Å². The first-order valence-corrected chi connectivity index (χ1v) is 9.85. The van der Waals surface area contributed by atoms with Crippen molar-refractivity contribution in [2.24, 2.45) is 11.8 Å². The van der Waals surface area contributed by atoms with E-state index < -0.39 is 0 Å². The van der Waals surface area contributed by atoms with Crippen LogP contribution < -0.4 is 5.32 Å². The summed E-state index contributed by atoms with van der Waals surface area (Å²) >= 11 is 1.49. The summed E-state index contributed by atoms with van der Waals surface area (Å²) in [5, 5.41) is 9.78. The molecule has 140 valence electrons. The van der Waals surface area contributed by atoms with Crippen LogP contribution in [0.5, 0.6) is 0 Å². The minimum atomic E-state index is -0.0941. The summed E-state index contributed by atoms with van der Waals surface area (Å²) in [6, 6.07) is 0. The highest BCUT2D eigenvalue weighted by Gasteiger charge is 2.43. The quantitative estimate of drug-likeness (QED) is 0.859. The van der Waals surface area contributed by atoms with Gasteiger partial charge in [-0.1, -0.05) is 5.16 Å². The Labute approximate surface area is 156 Å². The lowest BCUT2D eigenvalue weighted by molar-refractivity contribution is 0.0901. The first-order valence-electron chi connectivity index (χ1n) is 8.97. The van der Waals surface area contributed by atoms with E-state index in [1.165, 1.54) is 16.9 Å². The summed E-state index contributed by atoms with van der Waals surface area (Å²) in [5.74, 6) is 1.59. The number of nitrogens with one attached hydrogen (secondary N) is 1. The zero-order valence-corrected chi connectivity index (χ0v) is 16.1. The molecule has 2 saturated heterocycles. The van der Waals surface area contributed by atoms with Crippen LogP contribution in [0, 0.1) is 32.6 Å². The predicted octanol–water partition coefficient (Wildman–Crippen LogP) is 1.93. The Morgan fingerprint density at radius 2 is 2.23 bits per heavy atom. The highest BCUT2D eigenvalue weighted by molar-refractivity contribution is 7.09. The maximum Gasteiger partial charge on any atom is 0.270 e. The number of carbonyl (C=O) groups excluding carboxylic acids is 1. The number of thiazole rings is 1. The molecule has 4 rings (SSSR count). The zero-order chi connectivity index (χ0) is 18.3. The highest BCUT2D eigenvalue weighted by atomic mass is 32.1. The zero-order valence-electron chi connectivity index (χ0n) is 15.3. The Balaban J connectivity index is 1.32. The van der Waals surface area contributed by atoms with Crippen molar-refractivity contribution in [2.45, 2.75) is 33.4 Å². The van der Waals surface area contributed by atoms with Gasteiger partial charge in [-0.15, -0.1) is 11.3 Å². The van der Waals surface area contributed by atoms with Gasteiger partial charge in [0.05, 0.1) is 23.4 Å². The summed E-state index contributed by atoms with van der Waals surface area (Å²) in [6.07, 6.45) is 0.249. The van der Waals surface area contributed by atoms with Crippen molar-refractivity contribution in [2.75, 3.05) is 26.2 Å². The average Bonchev–Trinajstić information content (AvgIpc) is 3.35. The molecule has 1 N–H and O–H groups in total. The van der Waals surface area contributed by atoms with Gasteiger partial charge in [0, 0.05) is 49.0 Å². The third-order valence-electron chi connectivity index (χ3n) is 5.45. The SMILES string of the molecule is Cc1nc(C(=O)NC[C@@H]2CO[C@@H]3CN(Cc4c(C)noc4C)C[C@H]23)cs1. The van der Waals surface area contributed by atoms with Gasteiger partial charge in [0.1, 0.15) is 11.5 Å². The number of hydrogen-bond donors (Lipinski definition) is 1. The van der Waals surface area contributed by atoms with E-state index in [2.05, 4.69) is 20.4 Å². The summed E-state index contributed by atoms with van der Waals surface area (Å²) in [6.45, 7) is 9.94. The van der Waals surface area contributed by atoms with Crippen LogP contribution >= 0.6 is 11.3 Å². The van der Waals surface area contributed by atoms with Gasteiger partial charge >= 0.3 is 0 Å². The number of carbonyl (C=O) groups is 1. The van der Waals surface area contributed by atoms with E-state index >= 15 is 0 Å². The number of aryl methyl sites for hydroxylation is 3. The molecule has 0 unspecified atom stereocenters. The Morgan fingerprint density at radius 3 is 2.92 bits per heavy atom. The molecule has 8 heteroatoms. The van der Waals surface area contributed by atoms with Crippen molar-refractivity contribution in [1.82, 2.24) is 20.4 Å². The van der Waals surface area contributed by atoms with Crippen molar-refractivity contribution in [3.63, 3.8) is 0 Å². The molecule has 2 aromatic heterocycles. The molecule has 0 aliphatic carbocycles. The topological polar surface area (TPSA) is 80.5 Å². The van der Waals surface area contributed by atoms with Crippen LogP contribution in [0.25, 0.3) is 0 Å². The van der Waals surface area contributed by atoms with E-state index in [0.29, 0.717) is 30.7 Å². The molecule has 0 bridgehead atoms. The molecule has 7 nitrogen and oxygen atoms in total. The van der Waals surface area contributed by atoms with Crippen molar-refractivity contribution in [1.29, 1.82) is 0 Å². The molecule has 4 heterocycles. The van der Waals surface area contributed by atoms with Crippen LogP contribution in [0.3, 0.4) is 0 Å². The van der Waals surface area contributed by atoms with Crippen molar-refractivity contribution in [3.05, 3.63) is 33.1 Å². The van der Waals surface area contributed by atoms with Gasteiger partial charge in [0.15, 0.2) is 0 Å². The van der Waals surface area contributed by atoms with Gasteiger partial charge in [0.2, 0.25) is 0 Å². The van der Waals surface area contributed by atoms with Crippen molar-refractivity contribution < 1.29 is 14.1 Å². The lowest BCUT2D eigenvalue weighted by atomic mass is 9.93. The summed E-state index contributed by atoms with van der Waals surface area (Å²) in [7, 11) is 0. The second kappa shape index (κ2) is 7.09. The Hall–Kier alpha value is -1.77. The van der Waals surface area contributed by atoms with E-state index in [4.69, 9.17) is 9.26 Å². The van der Waals surface area contributed by atoms with E-state index in [1.807, 2.05) is 20.8 Å². The molecular formula is C18H24N4O3S. The largest absolute Gasteiger partial charge is 0.376 e. The van der Waals surface area contributed by atoms with Crippen LogP contribution in [0.15, 0.2) is 9.90 Å². The number of fused-ring (bicyclic) bond motifs is 1. The maximum atomic E-state index is 12.2. The second-order valence-electron chi connectivity index (χ2n) is 7.25. The summed E-state index contributed by atoms with van der Waals surface area (Å²) in [5.41, 5.74) is 2.64. The normalized spacial score (nSPS) is 25.6. The molecule has 1 amide bonds. The Morgan fingerprint density at radius 1 is 1.38 bits per heavy atom. The molecule has 2 aromatic rings. The molecular weight excluding hydrogens is 352 g/mol. The first-order chi connectivity index (χ1) is 12.5. The van der Waals surface area contributed by atoms with Gasteiger partial charge in [-0.25, -0.2) is 4.98 Å². The van der Waals surface area contributed by atoms with Gasteiger partial charge in [-0.2, -0.15) is 0 Å². The molecule has 0 spiro atoms. The van der Waals surface area contributed by atoms with Crippen molar-refractivity contribution >= 4 is 17.2 Å². The fourth-order valence-electron chi connectivity index (χ4n) is 3.95. The van der Waals surface area contributed by atoms with Crippen LogP contribution in [-0.2, 0) is 11.3 Å². The van der Waals surface area contributed by atoms with E-state index in [1.54, 1.807) is 5.38 Å². The second-order valence-corrected chi connectivity index (χ2v) is 8.32. The fourth-order valence-corrected chi connectivity index (χ4v) is 4.55. The van der Waals surface area contributed by atoms with E-state index in [0.717, 1.165) is 36.1 Å². The lowest BCUT2D eigenvalue weighted by Gasteiger charge is -2.19. The number of ether oxygens (including phenoxy) is 1. The minimum absolute atomic E-state index is 0.0941. The smallest absolute Gasteiger partial charge is 0.270 e. The Bertz CT molecular complexity index is 783. The van der Waals surface area contributed by atoms with E-state index in [-0.39, 0.29) is 12.0 Å². The molecule has 0 radical (unpaired) electrons. The summed E-state index contributed by atoms with van der Waals surface area (Å²) < 4.78 is 11.3. The minimum Gasteiger partial charge on any atom is -0.376 e. The van der Waals surface area contributed by atoms with Crippen LogP contribution in [0.2, 0.25) is 0 Å². The molecule has 26 heavy (non-hydrogen) atoms.